The van der Waals surface area contributed by atoms with Crippen LogP contribution < -0.4 is 0 Å². The molecule has 2 rings (SSSR count). The summed E-state index contributed by atoms with van der Waals surface area (Å²) in [4.78, 5) is 11.2. The van der Waals surface area contributed by atoms with Gasteiger partial charge in [0.25, 0.3) is 0 Å². The minimum Gasteiger partial charge on any atom is -0.481 e. The van der Waals surface area contributed by atoms with E-state index in [0.717, 1.165) is 11.1 Å². The van der Waals surface area contributed by atoms with Gasteiger partial charge in [0, 0.05) is 5.92 Å². The largest absolute Gasteiger partial charge is 0.481 e. The average molecular weight is 246 g/mol. The Labute approximate surface area is 107 Å². The van der Waals surface area contributed by atoms with Crippen LogP contribution in [-0.2, 0) is 4.79 Å². The zero-order valence-corrected chi connectivity index (χ0v) is 10.4. The third kappa shape index (κ3) is 2.62. The van der Waals surface area contributed by atoms with Crippen LogP contribution in [-0.4, -0.2) is 16.2 Å². The minimum absolute atomic E-state index is 0.241. The molecule has 0 aromatic heterocycles. The highest BCUT2D eigenvalue weighted by molar-refractivity contribution is 5.71. The molecule has 0 amide bonds. The predicted octanol–water partition coefficient (Wildman–Crippen LogP) is 2.70. The maximum absolute atomic E-state index is 11.2. The summed E-state index contributed by atoms with van der Waals surface area (Å²) >= 11 is 0. The van der Waals surface area contributed by atoms with E-state index in [4.69, 9.17) is 0 Å². The molecule has 0 spiro atoms. The van der Waals surface area contributed by atoms with Crippen molar-refractivity contribution < 1.29 is 15.0 Å². The Kier molecular flexibility index (Phi) is 3.82. The Morgan fingerprint density at radius 3 is 2.44 bits per heavy atom. The first-order valence-electron chi connectivity index (χ1n) is 6.22. The number of carboxylic acids is 1. The molecule has 3 heteroatoms. The van der Waals surface area contributed by atoms with Crippen molar-refractivity contribution in [3.63, 3.8) is 0 Å². The summed E-state index contributed by atoms with van der Waals surface area (Å²) in [5.41, 5.74) is 1.93. The highest BCUT2D eigenvalue weighted by Gasteiger charge is 2.34. The number of hydrogen-bond donors (Lipinski definition) is 2. The summed E-state index contributed by atoms with van der Waals surface area (Å²) in [6, 6.07) is 7.62. The van der Waals surface area contributed by atoms with E-state index >= 15 is 0 Å². The van der Waals surface area contributed by atoms with Crippen molar-refractivity contribution in [3.8, 4) is 0 Å². The van der Waals surface area contributed by atoms with Gasteiger partial charge in [0.15, 0.2) is 0 Å². The summed E-state index contributed by atoms with van der Waals surface area (Å²) in [5, 5.41) is 19.6. The molecule has 1 aromatic rings. The van der Waals surface area contributed by atoms with Crippen LogP contribution in [0.1, 0.15) is 30.1 Å². The van der Waals surface area contributed by atoms with Gasteiger partial charge in [-0.15, -0.1) is 0 Å². The number of hydrogen-bond acceptors (Lipinski definition) is 2. The maximum Gasteiger partial charge on any atom is 0.307 e. The molecule has 96 valence electrons. The first-order chi connectivity index (χ1) is 8.59. The number of carbonyl (C=O) groups is 1. The van der Waals surface area contributed by atoms with Gasteiger partial charge in [0.05, 0.1) is 12.0 Å². The van der Waals surface area contributed by atoms with E-state index in [1.54, 1.807) is 0 Å². The minimum atomic E-state index is -0.824. The lowest BCUT2D eigenvalue weighted by atomic mass is 9.77. The van der Waals surface area contributed by atoms with E-state index < -0.39 is 18.0 Å². The molecule has 0 radical (unpaired) electrons. The van der Waals surface area contributed by atoms with E-state index in [1.807, 2.05) is 43.3 Å². The third-order valence-corrected chi connectivity index (χ3v) is 3.62. The highest BCUT2D eigenvalue weighted by atomic mass is 16.4. The maximum atomic E-state index is 11.2. The second-order valence-electron chi connectivity index (χ2n) is 4.91. The Balaban J connectivity index is 2.21. The summed E-state index contributed by atoms with van der Waals surface area (Å²) in [7, 11) is 0. The summed E-state index contributed by atoms with van der Waals surface area (Å²) in [6.07, 6.45) is 4.25. The first kappa shape index (κ1) is 12.8. The van der Waals surface area contributed by atoms with Crippen molar-refractivity contribution in [2.45, 2.75) is 25.9 Å². The van der Waals surface area contributed by atoms with E-state index in [1.165, 1.54) is 0 Å². The molecule has 1 aliphatic carbocycles. The normalized spacial score (nSPS) is 24.8. The molecular formula is C15H18O3. The van der Waals surface area contributed by atoms with E-state index in [9.17, 15) is 15.0 Å². The van der Waals surface area contributed by atoms with E-state index in [2.05, 4.69) is 0 Å². The number of allylic oxidation sites excluding steroid dienone is 2. The number of aliphatic hydroxyl groups excluding tert-OH is 1. The van der Waals surface area contributed by atoms with Gasteiger partial charge in [0.2, 0.25) is 0 Å². The topological polar surface area (TPSA) is 57.5 Å². The second-order valence-corrected chi connectivity index (χ2v) is 4.91. The predicted molar refractivity (Wildman–Crippen MR) is 69.1 cm³/mol. The average Bonchev–Trinajstić information content (AvgIpc) is 2.39. The van der Waals surface area contributed by atoms with Gasteiger partial charge in [0.1, 0.15) is 0 Å². The van der Waals surface area contributed by atoms with Gasteiger partial charge in [-0.1, -0.05) is 42.0 Å². The van der Waals surface area contributed by atoms with E-state index in [-0.39, 0.29) is 5.92 Å². The van der Waals surface area contributed by atoms with Crippen LogP contribution >= 0.6 is 0 Å². The number of aliphatic carboxylic acids is 1. The fourth-order valence-electron chi connectivity index (χ4n) is 2.48. The SMILES string of the molecule is Cc1ccc(C(O)C2CC=CCC2C(=O)O)cc1. The summed E-state index contributed by atoms with van der Waals surface area (Å²) < 4.78 is 0. The van der Waals surface area contributed by atoms with Crippen molar-refractivity contribution in [2.24, 2.45) is 11.8 Å². The van der Waals surface area contributed by atoms with Crippen molar-refractivity contribution >= 4 is 5.97 Å². The Hall–Kier alpha value is -1.61. The Morgan fingerprint density at radius 1 is 1.22 bits per heavy atom. The van der Waals surface area contributed by atoms with Gasteiger partial charge < -0.3 is 10.2 Å². The van der Waals surface area contributed by atoms with Gasteiger partial charge in [-0.05, 0) is 25.3 Å². The molecule has 0 heterocycles. The van der Waals surface area contributed by atoms with Crippen molar-refractivity contribution in [1.29, 1.82) is 0 Å². The zero-order valence-electron chi connectivity index (χ0n) is 10.4. The lowest BCUT2D eigenvalue weighted by Crippen LogP contribution is -2.29. The number of aryl methyl sites for hydroxylation is 1. The molecule has 2 N–H and O–H groups in total. The zero-order chi connectivity index (χ0) is 13.1. The second kappa shape index (κ2) is 5.36. The van der Waals surface area contributed by atoms with Gasteiger partial charge in [-0.25, -0.2) is 0 Å². The Bertz CT molecular complexity index is 447. The number of aliphatic hydroxyl groups is 1. The van der Waals surface area contributed by atoms with Crippen LogP contribution in [0.25, 0.3) is 0 Å². The molecule has 1 aromatic carbocycles. The van der Waals surface area contributed by atoms with Crippen molar-refractivity contribution in [2.75, 3.05) is 0 Å². The summed E-state index contributed by atoms with van der Waals surface area (Å²) in [6.45, 7) is 1.99. The molecule has 3 nitrogen and oxygen atoms in total. The quantitative estimate of drug-likeness (QED) is 0.806. The fourth-order valence-corrected chi connectivity index (χ4v) is 2.48. The lowest BCUT2D eigenvalue weighted by molar-refractivity contribution is -0.145. The standard InChI is InChI=1S/C15H18O3/c1-10-6-8-11(9-7-10)14(16)12-4-2-3-5-13(12)15(17)18/h2-3,6-9,12-14,16H,4-5H2,1H3,(H,17,18). The van der Waals surface area contributed by atoms with Gasteiger partial charge in [-0.2, -0.15) is 0 Å². The monoisotopic (exact) mass is 246 g/mol. The number of benzene rings is 1. The van der Waals surface area contributed by atoms with Crippen LogP contribution in [0.15, 0.2) is 36.4 Å². The Morgan fingerprint density at radius 2 is 1.83 bits per heavy atom. The van der Waals surface area contributed by atoms with E-state index in [0.29, 0.717) is 12.8 Å². The number of carboxylic acid groups (broad SMARTS) is 1. The smallest absolute Gasteiger partial charge is 0.307 e. The van der Waals surface area contributed by atoms with Crippen molar-refractivity contribution in [3.05, 3.63) is 47.5 Å². The van der Waals surface area contributed by atoms with Crippen LogP contribution in [0.3, 0.4) is 0 Å². The van der Waals surface area contributed by atoms with Gasteiger partial charge in [-0.3, -0.25) is 4.79 Å². The molecule has 1 aliphatic rings. The summed E-state index contributed by atoms with van der Waals surface area (Å²) in [5.74, 6) is -1.56. The number of rotatable bonds is 3. The van der Waals surface area contributed by atoms with Crippen LogP contribution in [0, 0.1) is 18.8 Å². The molecule has 0 fully saturated rings. The van der Waals surface area contributed by atoms with Crippen molar-refractivity contribution in [1.82, 2.24) is 0 Å². The van der Waals surface area contributed by atoms with Gasteiger partial charge >= 0.3 is 5.97 Å². The molecular weight excluding hydrogens is 228 g/mol. The highest BCUT2D eigenvalue weighted by Crippen LogP contribution is 2.36. The lowest BCUT2D eigenvalue weighted by Gasteiger charge is -2.29. The van der Waals surface area contributed by atoms with Crippen LogP contribution in [0.5, 0.6) is 0 Å². The molecule has 0 bridgehead atoms. The van der Waals surface area contributed by atoms with Crippen LogP contribution in [0.2, 0.25) is 0 Å². The molecule has 0 saturated carbocycles. The molecule has 3 atom stereocenters. The molecule has 0 aliphatic heterocycles. The molecule has 3 unspecified atom stereocenters. The first-order valence-corrected chi connectivity index (χ1v) is 6.22. The fraction of sp³-hybridized carbons (Fsp3) is 0.400. The molecule has 18 heavy (non-hydrogen) atoms. The molecule has 0 saturated heterocycles. The van der Waals surface area contributed by atoms with Crippen LogP contribution in [0.4, 0.5) is 0 Å². The third-order valence-electron chi connectivity index (χ3n) is 3.62.